The number of imidazole rings is 1. The zero-order valence-corrected chi connectivity index (χ0v) is 11.6. The molecule has 0 saturated heterocycles. The number of nitrogens with zero attached hydrogens (tertiary/aromatic N) is 3. The molecule has 1 aliphatic carbocycles. The van der Waals surface area contributed by atoms with E-state index >= 15 is 0 Å². The molecule has 3 rings (SSSR count). The standard InChI is InChI=1S/C14H18ClN3/c1-9-5-7-16-14-12(9)17-13(10(2)15)18(14)8-6-11-3-4-11/h5,7,10-11H,3-4,6,8H2,1-2H3. The van der Waals surface area contributed by atoms with Crippen LogP contribution in [0.2, 0.25) is 0 Å². The van der Waals surface area contributed by atoms with E-state index in [1.54, 1.807) is 0 Å². The lowest BCUT2D eigenvalue weighted by Gasteiger charge is -2.09. The summed E-state index contributed by atoms with van der Waals surface area (Å²) in [5.41, 5.74) is 3.15. The Hall–Kier alpha value is -1.09. The van der Waals surface area contributed by atoms with Gasteiger partial charge in [0.1, 0.15) is 11.3 Å². The number of alkyl halides is 1. The maximum Gasteiger partial charge on any atom is 0.160 e. The van der Waals surface area contributed by atoms with E-state index in [0.717, 1.165) is 29.5 Å². The van der Waals surface area contributed by atoms with Gasteiger partial charge in [-0.15, -0.1) is 11.6 Å². The fourth-order valence-electron chi connectivity index (χ4n) is 2.40. The van der Waals surface area contributed by atoms with Crippen LogP contribution < -0.4 is 0 Å². The minimum Gasteiger partial charge on any atom is -0.311 e. The molecule has 1 saturated carbocycles. The van der Waals surface area contributed by atoms with E-state index in [0.29, 0.717) is 0 Å². The van der Waals surface area contributed by atoms with Crippen LogP contribution in [0.1, 0.15) is 43.0 Å². The highest BCUT2D eigenvalue weighted by Crippen LogP contribution is 2.34. The zero-order chi connectivity index (χ0) is 12.7. The summed E-state index contributed by atoms with van der Waals surface area (Å²) in [6.07, 6.45) is 5.84. The molecular formula is C14H18ClN3. The summed E-state index contributed by atoms with van der Waals surface area (Å²) in [6, 6.07) is 2.00. The molecule has 3 nitrogen and oxygen atoms in total. The molecule has 2 heterocycles. The molecule has 0 radical (unpaired) electrons. The van der Waals surface area contributed by atoms with Crippen molar-refractivity contribution in [1.82, 2.24) is 14.5 Å². The van der Waals surface area contributed by atoms with Gasteiger partial charge in [-0.3, -0.25) is 0 Å². The van der Waals surface area contributed by atoms with Crippen LogP contribution >= 0.6 is 11.6 Å². The summed E-state index contributed by atoms with van der Waals surface area (Å²) < 4.78 is 2.21. The molecule has 1 fully saturated rings. The SMILES string of the molecule is Cc1ccnc2c1nc(C(C)Cl)n2CCC1CC1. The van der Waals surface area contributed by atoms with Gasteiger partial charge in [0.05, 0.1) is 5.38 Å². The van der Waals surface area contributed by atoms with Crippen molar-refractivity contribution in [2.45, 2.75) is 45.0 Å². The summed E-state index contributed by atoms with van der Waals surface area (Å²) in [6.45, 7) is 5.04. The molecule has 0 aromatic carbocycles. The second kappa shape index (κ2) is 4.54. The molecular weight excluding hydrogens is 246 g/mol. The molecule has 2 aromatic rings. The van der Waals surface area contributed by atoms with Crippen molar-refractivity contribution < 1.29 is 0 Å². The third-order valence-corrected chi connectivity index (χ3v) is 3.87. The number of aryl methyl sites for hydroxylation is 2. The van der Waals surface area contributed by atoms with Crippen LogP contribution in [0.5, 0.6) is 0 Å². The molecule has 18 heavy (non-hydrogen) atoms. The Morgan fingerprint density at radius 1 is 1.50 bits per heavy atom. The van der Waals surface area contributed by atoms with Crippen LogP contribution in [0.15, 0.2) is 12.3 Å². The van der Waals surface area contributed by atoms with Crippen molar-refractivity contribution in [3.05, 3.63) is 23.7 Å². The molecule has 0 aliphatic heterocycles. The van der Waals surface area contributed by atoms with Crippen molar-refractivity contribution in [3.8, 4) is 0 Å². The predicted octanol–water partition coefficient (Wildman–Crippen LogP) is 3.84. The highest BCUT2D eigenvalue weighted by Gasteiger charge is 2.23. The number of halogens is 1. The molecule has 1 unspecified atom stereocenters. The Balaban J connectivity index is 2.05. The van der Waals surface area contributed by atoms with E-state index in [4.69, 9.17) is 11.6 Å². The van der Waals surface area contributed by atoms with E-state index < -0.39 is 0 Å². The van der Waals surface area contributed by atoms with E-state index in [1.807, 2.05) is 19.2 Å². The molecule has 1 atom stereocenters. The third-order valence-electron chi connectivity index (χ3n) is 3.68. The van der Waals surface area contributed by atoms with Crippen molar-refractivity contribution in [1.29, 1.82) is 0 Å². The molecule has 1 aliphatic rings. The summed E-state index contributed by atoms with van der Waals surface area (Å²) >= 11 is 6.25. The first kappa shape index (κ1) is 12.0. The summed E-state index contributed by atoms with van der Waals surface area (Å²) in [4.78, 5) is 9.16. The fraction of sp³-hybridized carbons (Fsp3) is 0.571. The Kier molecular flexibility index (Phi) is 3.02. The summed E-state index contributed by atoms with van der Waals surface area (Å²) in [7, 11) is 0. The van der Waals surface area contributed by atoms with E-state index in [2.05, 4.69) is 21.5 Å². The number of rotatable bonds is 4. The summed E-state index contributed by atoms with van der Waals surface area (Å²) in [5, 5.41) is -0.0715. The van der Waals surface area contributed by atoms with Gasteiger partial charge in [-0.05, 0) is 37.8 Å². The highest BCUT2D eigenvalue weighted by molar-refractivity contribution is 6.20. The number of hydrogen-bond acceptors (Lipinski definition) is 2. The van der Waals surface area contributed by atoms with Crippen LogP contribution in [-0.2, 0) is 6.54 Å². The smallest absolute Gasteiger partial charge is 0.160 e. The van der Waals surface area contributed by atoms with E-state index in [9.17, 15) is 0 Å². The monoisotopic (exact) mass is 263 g/mol. The lowest BCUT2D eigenvalue weighted by Crippen LogP contribution is -2.06. The van der Waals surface area contributed by atoms with Gasteiger partial charge >= 0.3 is 0 Å². The van der Waals surface area contributed by atoms with Crippen molar-refractivity contribution in [2.24, 2.45) is 5.92 Å². The lowest BCUT2D eigenvalue weighted by molar-refractivity contribution is 0.582. The molecule has 96 valence electrons. The van der Waals surface area contributed by atoms with Crippen molar-refractivity contribution in [3.63, 3.8) is 0 Å². The zero-order valence-electron chi connectivity index (χ0n) is 10.9. The largest absolute Gasteiger partial charge is 0.311 e. The number of aromatic nitrogens is 3. The first-order valence-corrected chi connectivity index (χ1v) is 7.06. The Labute approximate surface area is 112 Å². The summed E-state index contributed by atoms with van der Waals surface area (Å²) in [5.74, 6) is 1.86. The van der Waals surface area contributed by atoms with E-state index in [1.165, 1.54) is 24.8 Å². The van der Waals surface area contributed by atoms with Crippen LogP contribution in [0.3, 0.4) is 0 Å². The van der Waals surface area contributed by atoms with Gasteiger partial charge in [0.2, 0.25) is 0 Å². The number of hydrogen-bond donors (Lipinski definition) is 0. The Bertz CT molecular complexity index is 570. The molecule has 0 N–H and O–H groups in total. The second-order valence-corrected chi connectivity index (χ2v) is 5.92. The minimum absolute atomic E-state index is 0.0715. The van der Waals surface area contributed by atoms with E-state index in [-0.39, 0.29) is 5.38 Å². The van der Waals surface area contributed by atoms with Crippen LogP contribution in [0.4, 0.5) is 0 Å². The van der Waals surface area contributed by atoms with Gasteiger partial charge < -0.3 is 4.57 Å². The number of fused-ring (bicyclic) bond motifs is 1. The van der Waals surface area contributed by atoms with Crippen molar-refractivity contribution in [2.75, 3.05) is 0 Å². The first-order valence-electron chi connectivity index (χ1n) is 6.62. The topological polar surface area (TPSA) is 30.7 Å². The van der Waals surface area contributed by atoms with Crippen molar-refractivity contribution >= 4 is 22.8 Å². The lowest BCUT2D eigenvalue weighted by atomic mass is 10.2. The van der Waals surface area contributed by atoms with Gasteiger partial charge in [-0.2, -0.15) is 0 Å². The average molecular weight is 264 g/mol. The average Bonchev–Trinajstić information content (AvgIpc) is 3.07. The molecule has 0 spiro atoms. The van der Waals surface area contributed by atoms with Crippen LogP contribution in [-0.4, -0.2) is 14.5 Å². The molecule has 4 heteroatoms. The van der Waals surface area contributed by atoms with Crippen LogP contribution in [0.25, 0.3) is 11.2 Å². The maximum atomic E-state index is 6.25. The van der Waals surface area contributed by atoms with Gasteiger partial charge in [-0.25, -0.2) is 9.97 Å². The number of pyridine rings is 1. The van der Waals surface area contributed by atoms with Gasteiger partial charge in [0, 0.05) is 12.7 Å². The molecule has 0 amide bonds. The third kappa shape index (κ3) is 2.12. The van der Waals surface area contributed by atoms with Gasteiger partial charge in [0.25, 0.3) is 0 Å². The normalized spacial score (nSPS) is 17.3. The van der Waals surface area contributed by atoms with Crippen LogP contribution in [0, 0.1) is 12.8 Å². The minimum atomic E-state index is -0.0715. The first-order chi connectivity index (χ1) is 8.66. The Morgan fingerprint density at radius 2 is 2.28 bits per heavy atom. The fourth-order valence-corrected chi connectivity index (χ4v) is 2.56. The van der Waals surface area contributed by atoms with Gasteiger partial charge in [0.15, 0.2) is 5.65 Å². The predicted molar refractivity (Wildman–Crippen MR) is 73.9 cm³/mol. The Morgan fingerprint density at radius 3 is 2.94 bits per heavy atom. The van der Waals surface area contributed by atoms with Gasteiger partial charge in [-0.1, -0.05) is 12.8 Å². The molecule has 0 bridgehead atoms. The molecule has 2 aromatic heterocycles. The highest BCUT2D eigenvalue weighted by atomic mass is 35.5. The maximum absolute atomic E-state index is 6.25. The second-order valence-electron chi connectivity index (χ2n) is 5.27. The quantitative estimate of drug-likeness (QED) is 0.785.